The molecule has 0 radical (unpaired) electrons. The van der Waals surface area contributed by atoms with Crippen LogP contribution in [-0.4, -0.2) is 12.1 Å². The van der Waals surface area contributed by atoms with Gasteiger partial charge in [0.05, 0.1) is 5.54 Å². The highest BCUT2D eigenvalue weighted by Crippen LogP contribution is 2.37. The fourth-order valence-electron chi connectivity index (χ4n) is 2.33. The number of ether oxygens (including phenoxy) is 1. The largest absolute Gasteiger partial charge is 0.477 e. The van der Waals surface area contributed by atoms with Crippen LogP contribution in [0.15, 0.2) is 72.4 Å². The molecule has 1 heterocycles. The van der Waals surface area contributed by atoms with E-state index >= 15 is 0 Å². The Morgan fingerprint density at radius 2 is 1.48 bits per heavy atom. The summed E-state index contributed by atoms with van der Waals surface area (Å²) < 4.78 is 5.81. The molecular weight excluding hydrogens is 277 g/mol. The first-order valence-electron chi connectivity index (χ1n) is 7.16. The van der Waals surface area contributed by atoms with E-state index in [1.165, 1.54) is 10.6 Å². The van der Waals surface area contributed by atoms with Crippen molar-refractivity contribution in [2.24, 2.45) is 0 Å². The molecule has 0 unspecified atom stereocenters. The molecule has 0 aromatic heterocycles. The fourth-order valence-corrected chi connectivity index (χ4v) is 4.28. The van der Waals surface area contributed by atoms with Crippen LogP contribution < -0.4 is 15.9 Å². The minimum atomic E-state index is -0.553. The second kappa shape index (κ2) is 5.91. The zero-order valence-corrected chi connectivity index (χ0v) is 13.3. The van der Waals surface area contributed by atoms with Crippen molar-refractivity contribution in [1.82, 2.24) is 5.32 Å². The van der Waals surface area contributed by atoms with E-state index in [2.05, 4.69) is 85.6 Å². The summed E-state index contributed by atoms with van der Waals surface area (Å²) in [6.07, 6.45) is 0. The quantitative estimate of drug-likeness (QED) is 0.878. The monoisotopic (exact) mass is 297 g/mol. The molecule has 1 fully saturated rings. The third kappa shape index (κ3) is 3.46. The van der Waals surface area contributed by atoms with Crippen molar-refractivity contribution < 1.29 is 4.74 Å². The zero-order chi connectivity index (χ0) is 14.7. The first-order valence-corrected chi connectivity index (χ1v) is 8.57. The van der Waals surface area contributed by atoms with E-state index in [4.69, 9.17) is 4.74 Å². The molecular formula is C18H20NOP. The molecule has 3 rings (SSSR count). The smallest absolute Gasteiger partial charge is 0.188 e. The molecule has 0 saturated carbocycles. The van der Waals surface area contributed by atoms with Crippen LogP contribution in [-0.2, 0) is 4.74 Å². The highest BCUT2D eigenvalue weighted by Gasteiger charge is 2.28. The van der Waals surface area contributed by atoms with Gasteiger partial charge in [-0.25, -0.2) is 0 Å². The molecule has 108 valence electrons. The van der Waals surface area contributed by atoms with Crippen LogP contribution in [0.2, 0.25) is 0 Å². The van der Waals surface area contributed by atoms with Gasteiger partial charge in [0.2, 0.25) is 0 Å². The van der Waals surface area contributed by atoms with Crippen LogP contribution in [0.1, 0.15) is 13.8 Å². The van der Waals surface area contributed by atoms with Gasteiger partial charge in [-0.1, -0.05) is 60.7 Å². The molecule has 3 heteroatoms. The van der Waals surface area contributed by atoms with Crippen molar-refractivity contribution in [2.45, 2.75) is 19.4 Å². The van der Waals surface area contributed by atoms with Crippen LogP contribution in [0.25, 0.3) is 0 Å². The third-order valence-corrected chi connectivity index (χ3v) is 5.57. The minimum absolute atomic E-state index is 0.0141. The molecule has 1 aliphatic heterocycles. The second-order valence-corrected chi connectivity index (χ2v) is 7.86. The number of hydrogen-bond donors (Lipinski definition) is 1. The van der Waals surface area contributed by atoms with E-state index in [1.807, 2.05) is 0 Å². The van der Waals surface area contributed by atoms with Crippen molar-refractivity contribution in [3.05, 3.63) is 72.4 Å². The second-order valence-electron chi connectivity index (χ2n) is 5.83. The fraction of sp³-hybridized carbons (Fsp3) is 0.222. The predicted octanol–water partition coefficient (Wildman–Crippen LogP) is 3.32. The van der Waals surface area contributed by atoms with Gasteiger partial charge < -0.3 is 10.1 Å². The first kappa shape index (κ1) is 14.2. The van der Waals surface area contributed by atoms with Crippen LogP contribution >= 0.6 is 7.92 Å². The van der Waals surface area contributed by atoms with Crippen molar-refractivity contribution >= 4 is 18.5 Å². The first-order chi connectivity index (χ1) is 10.1. The summed E-state index contributed by atoms with van der Waals surface area (Å²) in [5, 5.41) is 6.12. The summed E-state index contributed by atoms with van der Waals surface area (Å²) in [6.45, 7) is 5.02. The zero-order valence-electron chi connectivity index (χ0n) is 12.4. The van der Waals surface area contributed by atoms with Gasteiger partial charge in [0, 0.05) is 5.82 Å². The van der Waals surface area contributed by atoms with Gasteiger partial charge in [-0.05, 0) is 32.4 Å². The molecule has 2 aromatic carbocycles. The number of benzene rings is 2. The van der Waals surface area contributed by atoms with E-state index in [0.717, 1.165) is 5.88 Å². The minimum Gasteiger partial charge on any atom is -0.477 e. The highest BCUT2D eigenvalue weighted by molar-refractivity contribution is 7.75. The Morgan fingerprint density at radius 3 is 1.90 bits per heavy atom. The lowest BCUT2D eigenvalue weighted by molar-refractivity contribution is 0.237. The molecule has 2 nitrogen and oxygen atoms in total. The Morgan fingerprint density at radius 1 is 0.952 bits per heavy atom. The van der Waals surface area contributed by atoms with E-state index in [0.29, 0.717) is 6.61 Å². The maximum atomic E-state index is 5.81. The maximum Gasteiger partial charge on any atom is 0.188 e. The summed E-state index contributed by atoms with van der Waals surface area (Å²) in [7, 11) is -0.553. The van der Waals surface area contributed by atoms with Gasteiger partial charge in [0.25, 0.3) is 0 Å². The van der Waals surface area contributed by atoms with E-state index in [1.54, 1.807) is 0 Å². The Hall–Kier alpha value is -1.79. The standard InChI is InChI=1S/C18H20NOP/c1-18(2)14-20-17(19-18)13-21(15-9-5-3-6-10-15)16-11-7-4-8-12-16/h3-13,19H,14H2,1-2H3/b17-13-. The topological polar surface area (TPSA) is 21.3 Å². The summed E-state index contributed by atoms with van der Waals surface area (Å²) in [5.74, 6) is 3.15. The lowest BCUT2D eigenvalue weighted by Crippen LogP contribution is -2.34. The molecule has 21 heavy (non-hydrogen) atoms. The highest BCUT2D eigenvalue weighted by atomic mass is 31.1. The molecule has 0 aliphatic carbocycles. The van der Waals surface area contributed by atoms with E-state index < -0.39 is 7.92 Å². The molecule has 1 saturated heterocycles. The maximum absolute atomic E-state index is 5.81. The SMILES string of the molecule is CC1(C)CO/C(=C\P(c2ccccc2)c2ccccc2)N1. The average molecular weight is 297 g/mol. The lowest BCUT2D eigenvalue weighted by atomic mass is 10.1. The summed E-state index contributed by atoms with van der Waals surface area (Å²) >= 11 is 0. The average Bonchev–Trinajstić information content (AvgIpc) is 2.86. The molecule has 2 aromatic rings. The third-order valence-electron chi connectivity index (χ3n) is 3.37. The van der Waals surface area contributed by atoms with Crippen LogP contribution in [0.3, 0.4) is 0 Å². The van der Waals surface area contributed by atoms with Crippen LogP contribution in [0.5, 0.6) is 0 Å². The predicted molar refractivity (Wildman–Crippen MR) is 90.3 cm³/mol. The van der Waals surface area contributed by atoms with E-state index in [-0.39, 0.29) is 5.54 Å². The van der Waals surface area contributed by atoms with Gasteiger partial charge in [0.15, 0.2) is 5.88 Å². The van der Waals surface area contributed by atoms with Crippen molar-refractivity contribution in [3.8, 4) is 0 Å². The lowest BCUT2D eigenvalue weighted by Gasteiger charge is -2.16. The molecule has 0 spiro atoms. The van der Waals surface area contributed by atoms with Crippen molar-refractivity contribution in [3.63, 3.8) is 0 Å². The van der Waals surface area contributed by atoms with Gasteiger partial charge >= 0.3 is 0 Å². The van der Waals surface area contributed by atoms with Gasteiger partial charge in [-0.3, -0.25) is 0 Å². The van der Waals surface area contributed by atoms with Crippen molar-refractivity contribution in [1.29, 1.82) is 0 Å². The Balaban J connectivity index is 1.96. The van der Waals surface area contributed by atoms with Gasteiger partial charge in [0.1, 0.15) is 6.61 Å². The summed E-state index contributed by atoms with van der Waals surface area (Å²) in [6, 6.07) is 21.3. The number of nitrogens with one attached hydrogen (secondary N) is 1. The normalized spacial score (nSPS) is 18.5. The molecule has 0 amide bonds. The van der Waals surface area contributed by atoms with E-state index in [9.17, 15) is 0 Å². The van der Waals surface area contributed by atoms with Gasteiger partial charge in [-0.15, -0.1) is 0 Å². The van der Waals surface area contributed by atoms with Crippen LogP contribution in [0, 0.1) is 0 Å². The molecule has 1 aliphatic rings. The van der Waals surface area contributed by atoms with Gasteiger partial charge in [-0.2, -0.15) is 0 Å². The molecule has 0 atom stereocenters. The Bertz CT molecular complexity index is 583. The summed E-state index contributed by atoms with van der Waals surface area (Å²) in [4.78, 5) is 0. The molecule has 0 bridgehead atoms. The molecule has 1 N–H and O–H groups in total. The van der Waals surface area contributed by atoms with Crippen LogP contribution in [0.4, 0.5) is 0 Å². The Kier molecular flexibility index (Phi) is 3.98. The van der Waals surface area contributed by atoms with Crippen molar-refractivity contribution in [2.75, 3.05) is 6.61 Å². The number of rotatable bonds is 3. The number of hydrogen-bond acceptors (Lipinski definition) is 2. The summed E-state index contributed by atoms with van der Waals surface area (Å²) in [5.41, 5.74) is 0.0141. The Labute approximate surface area is 127 Å².